The van der Waals surface area contributed by atoms with Gasteiger partial charge in [-0.3, -0.25) is 4.79 Å². The number of carbonyl (C=O) groups is 1. The van der Waals surface area contributed by atoms with Crippen molar-refractivity contribution in [2.45, 2.75) is 24.4 Å². The number of amides is 1. The van der Waals surface area contributed by atoms with Crippen molar-refractivity contribution in [3.8, 4) is 11.5 Å². The quantitative estimate of drug-likeness (QED) is 0.858. The first-order valence-corrected chi connectivity index (χ1v) is 10.3. The molecule has 2 aliphatic rings. The summed E-state index contributed by atoms with van der Waals surface area (Å²) < 4.78 is 42.9. The van der Waals surface area contributed by atoms with Gasteiger partial charge in [-0.25, -0.2) is 8.42 Å². The van der Waals surface area contributed by atoms with Crippen LogP contribution in [0.15, 0.2) is 39.8 Å². The molecule has 0 radical (unpaired) electrons. The lowest BCUT2D eigenvalue weighted by Crippen LogP contribution is -2.35. The van der Waals surface area contributed by atoms with E-state index in [1.54, 1.807) is 18.2 Å². The van der Waals surface area contributed by atoms with Gasteiger partial charge < -0.3 is 19.2 Å². The zero-order valence-corrected chi connectivity index (χ0v) is 15.5. The van der Waals surface area contributed by atoms with E-state index >= 15 is 0 Å². The number of furan rings is 1. The lowest BCUT2D eigenvalue weighted by atomic mass is 10.2. The predicted octanol–water partition coefficient (Wildman–Crippen LogP) is 2.48. The normalized spacial score (nSPS) is 17.5. The minimum absolute atomic E-state index is 0.0690. The topological polar surface area (TPSA) is 98.1 Å². The molecule has 0 saturated carbocycles. The number of anilines is 1. The van der Waals surface area contributed by atoms with Crippen molar-refractivity contribution in [1.29, 1.82) is 0 Å². The summed E-state index contributed by atoms with van der Waals surface area (Å²) in [4.78, 5) is 12.4. The van der Waals surface area contributed by atoms with Gasteiger partial charge in [0, 0.05) is 24.8 Å². The van der Waals surface area contributed by atoms with E-state index in [0.717, 1.165) is 19.3 Å². The average Bonchev–Trinajstić information content (AvgIpc) is 3.20. The Morgan fingerprint density at radius 1 is 0.963 bits per heavy atom. The van der Waals surface area contributed by atoms with Gasteiger partial charge in [-0.05, 0) is 37.1 Å². The zero-order valence-electron chi connectivity index (χ0n) is 14.6. The van der Waals surface area contributed by atoms with Crippen molar-refractivity contribution in [2.75, 3.05) is 31.6 Å². The summed E-state index contributed by atoms with van der Waals surface area (Å²) in [6, 6.07) is 7.73. The van der Waals surface area contributed by atoms with Crippen LogP contribution in [-0.2, 0) is 10.0 Å². The van der Waals surface area contributed by atoms with Gasteiger partial charge in [-0.1, -0.05) is 6.42 Å². The molecule has 1 fully saturated rings. The van der Waals surface area contributed by atoms with Crippen LogP contribution in [0.3, 0.4) is 0 Å². The van der Waals surface area contributed by atoms with Gasteiger partial charge in [-0.15, -0.1) is 0 Å². The van der Waals surface area contributed by atoms with Gasteiger partial charge in [-0.2, -0.15) is 4.31 Å². The van der Waals surface area contributed by atoms with Crippen LogP contribution in [0, 0.1) is 0 Å². The second kappa shape index (κ2) is 7.24. The van der Waals surface area contributed by atoms with Crippen LogP contribution in [0.1, 0.15) is 29.8 Å². The highest BCUT2D eigenvalue weighted by molar-refractivity contribution is 7.89. The van der Waals surface area contributed by atoms with E-state index in [1.165, 1.54) is 16.4 Å². The summed E-state index contributed by atoms with van der Waals surface area (Å²) in [6.45, 7) is 1.88. The molecule has 0 aliphatic carbocycles. The first-order valence-electron chi connectivity index (χ1n) is 8.85. The number of rotatable bonds is 4. The first kappa shape index (κ1) is 17.9. The van der Waals surface area contributed by atoms with Crippen LogP contribution in [0.5, 0.6) is 11.5 Å². The first-order chi connectivity index (χ1) is 13.0. The molecule has 4 rings (SSSR count). The van der Waals surface area contributed by atoms with E-state index < -0.39 is 15.9 Å². The predicted molar refractivity (Wildman–Crippen MR) is 96.7 cm³/mol. The van der Waals surface area contributed by atoms with Crippen LogP contribution < -0.4 is 14.8 Å². The van der Waals surface area contributed by atoms with Crippen molar-refractivity contribution < 1.29 is 27.1 Å². The number of carbonyl (C=O) groups excluding carboxylic acids is 1. The summed E-state index contributed by atoms with van der Waals surface area (Å²) >= 11 is 0. The molecule has 1 N–H and O–H groups in total. The molecule has 9 heteroatoms. The highest BCUT2D eigenvalue weighted by Crippen LogP contribution is 2.33. The van der Waals surface area contributed by atoms with Crippen molar-refractivity contribution >= 4 is 21.6 Å². The van der Waals surface area contributed by atoms with E-state index in [1.807, 2.05) is 0 Å². The van der Waals surface area contributed by atoms with Gasteiger partial charge in [0.05, 0.1) is 0 Å². The Morgan fingerprint density at radius 3 is 2.48 bits per heavy atom. The van der Waals surface area contributed by atoms with Crippen LogP contribution in [0.4, 0.5) is 5.69 Å². The van der Waals surface area contributed by atoms with Crippen molar-refractivity contribution in [2.24, 2.45) is 0 Å². The molecular formula is C18H20N2O6S. The second-order valence-corrected chi connectivity index (χ2v) is 8.26. The molecule has 0 spiro atoms. The summed E-state index contributed by atoms with van der Waals surface area (Å²) in [5.41, 5.74) is 0.501. The largest absolute Gasteiger partial charge is 0.486 e. The Labute approximate surface area is 157 Å². The summed E-state index contributed by atoms with van der Waals surface area (Å²) in [6.07, 6.45) is 2.68. The third kappa shape index (κ3) is 3.65. The molecule has 27 heavy (non-hydrogen) atoms. The fourth-order valence-corrected chi connectivity index (χ4v) is 4.56. The minimum Gasteiger partial charge on any atom is -0.486 e. The molecule has 3 heterocycles. The molecule has 8 nitrogen and oxygen atoms in total. The minimum atomic E-state index is -3.71. The molecule has 2 aromatic rings. The Bertz CT molecular complexity index is 947. The molecule has 2 aliphatic heterocycles. The highest BCUT2D eigenvalue weighted by Gasteiger charge is 2.29. The second-order valence-electron chi connectivity index (χ2n) is 6.40. The van der Waals surface area contributed by atoms with Crippen LogP contribution in [0.25, 0.3) is 0 Å². The standard InChI is InChI=1S/C18H20N2O6S/c21-18(19-13-4-5-14-16(12-13)25-11-10-24-14)15-6-7-17(26-15)27(22,23)20-8-2-1-3-9-20/h4-7,12H,1-3,8-11H2,(H,19,21). The van der Waals surface area contributed by atoms with E-state index in [9.17, 15) is 13.2 Å². The average molecular weight is 392 g/mol. The van der Waals surface area contributed by atoms with Gasteiger partial charge in [0.25, 0.3) is 15.9 Å². The zero-order chi connectivity index (χ0) is 18.9. The van der Waals surface area contributed by atoms with Crippen molar-refractivity contribution in [3.63, 3.8) is 0 Å². The fraction of sp³-hybridized carbons (Fsp3) is 0.389. The van der Waals surface area contributed by atoms with Gasteiger partial charge >= 0.3 is 0 Å². The van der Waals surface area contributed by atoms with Crippen LogP contribution in [0.2, 0.25) is 0 Å². The molecule has 0 unspecified atom stereocenters. The Morgan fingerprint density at radius 2 is 1.70 bits per heavy atom. The molecule has 1 aromatic heterocycles. The number of hydrogen-bond donors (Lipinski definition) is 1. The highest BCUT2D eigenvalue weighted by atomic mass is 32.2. The number of nitrogens with one attached hydrogen (secondary N) is 1. The molecule has 1 saturated heterocycles. The summed E-state index contributed by atoms with van der Waals surface area (Å²) in [5, 5.41) is 2.46. The Balaban J connectivity index is 1.49. The number of sulfonamides is 1. The van der Waals surface area contributed by atoms with Crippen LogP contribution >= 0.6 is 0 Å². The number of fused-ring (bicyclic) bond motifs is 1. The van der Waals surface area contributed by atoms with E-state index in [2.05, 4.69) is 5.32 Å². The lowest BCUT2D eigenvalue weighted by Gasteiger charge is -2.24. The summed E-state index contributed by atoms with van der Waals surface area (Å²) in [7, 11) is -3.71. The Hall–Kier alpha value is -2.52. The molecule has 0 bridgehead atoms. The van der Waals surface area contributed by atoms with Gasteiger partial charge in [0.2, 0.25) is 5.09 Å². The molecule has 144 valence electrons. The van der Waals surface area contributed by atoms with E-state index in [-0.39, 0.29) is 10.9 Å². The molecule has 1 aromatic carbocycles. The van der Waals surface area contributed by atoms with E-state index in [4.69, 9.17) is 13.9 Å². The lowest BCUT2D eigenvalue weighted by molar-refractivity contribution is 0.0991. The number of piperidine rings is 1. The number of ether oxygens (including phenoxy) is 2. The van der Waals surface area contributed by atoms with E-state index in [0.29, 0.717) is 43.5 Å². The maximum absolute atomic E-state index is 12.6. The monoisotopic (exact) mass is 392 g/mol. The SMILES string of the molecule is O=C(Nc1ccc2c(c1)OCCO2)c1ccc(S(=O)(=O)N2CCCCC2)o1. The third-order valence-corrected chi connectivity index (χ3v) is 6.29. The molecule has 1 amide bonds. The molecular weight excluding hydrogens is 372 g/mol. The fourth-order valence-electron chi connectivity index (χ4n) is 3.13. The third-order valence-electron chi connectivity index (χ3n) is 4.51. The van der Waals surface area contributed by atoms with Crippen molar-refractivity contribution in [1.82, 2.24) is 4.31 Å². The number of nitrogens with zero attached hydrogens (tertiary/aromatic N) is 1. The molecule has 0 atom stereocenters. The summed E-state index contributed by atoms with van der Waals surface area (Å²) in [5.74, 6) is 0.561. The maximum atomic E-state index is 12.6. The smallest absolute Gasteiger partial charge is 0.291 e. The number of hydrogen-bond acceptors (Lipinski definition) is 6. The van der Waals surface area contributed by atoms with Gasteiger partial charge in [0.15, 0.2) is 17.3 Å². The van der Waals surface area contributed by atoms with Crippen LogP contribution in [-0.4, -0.2) is 44.9 Å². The number of benzene rings is 1. The Kier molecular flexibility index (Phi) is 4.79. The van der Waals surface area contributed by atoms with Gasteiger partial charge in [0.1, 0.15) is 13.2 Å². The van der Waals surface area contributed by atoms with Crippen molar-refractivity contribution in [3.05, 3.63) is 36.1 Å². The maximum Gasteiger partial charge on any atom is 0.291 e.